The van der Waals surface area contributed by atoms with Crippen molar-refractivity contribution in [3.8, 4) is 0 Å². The van der Waals surface area contributed by atoms with Crippen LogP contribution in [0.1, 0.15) is 17.4 Å². The van der Waals surface area contributed by atoms with E-state index in [4.69, 9.17) is 9.15 Å². The molecule has 1 aliphatic heterocycles. The lowest BCUT2D eigenvalue weighted by molar-refractivity contribution is -0.139. The molecule has 2 amide bonds. The third kappa shape index (κ3) is 4.90. The van der Waals surface area contributed by atoms with E-state index in [2.05, 4.69) is 20.5 Å². The van der Waals surface area contributed by atoms with E-state index in [-0.39, 0.29) is 12.6 Å². The fraction of sp³-hybridized carbons (Fsp3) is 0.389. The molecule has 138 valence electrons. The van der Waals surface area contributed by atoms with Crippen molar-refractivity contribution in [2.75, 3.05) is 32.8 Å². The summed E-state index contributed by atoms with van der Waals surface area (Å²) in [5.41, 5.74) is 0.991. The number of nitrogens with zero attached hydrogens (tertiary/aromatic N) is 2. The highest BCUT2D eigenvalue weighted by Crippen LogP contribution is 2.20. The summed E-state index contributed by atoms with van der Waals surface area (Å²) in [5, 5.41) is 5.25. The van der Waals surface area contributed by atoms with Gasteiger partial charge in [-0.1, -0.05) is 6.07 Å². The van der Waals surface area contributed by atoms with Crippen LogP contribution in [0.4, 0.5) is 0 Å². The minimum absolute atomic E-state index is 0.0607. The molecule has 0 radical (unpaired) electrons. The summed E-state index contributed by atoms with van der Waals surface area (Å²) in [6, 6.07) is 7.23. The van der Waals surface area contributed by atoms with Gasteiger partial charge in [-0.3, -0.25) is 19.5 Å². The SMILES string of the molecule is O=C(NCc1ccco1)C(=O)NC[C@H](c1cccnc1)N1CCOCC1. The molecule has 0 aromatic carbocycles. The molecule has 1 fully saturated rings. The van der Waals surface area contributed by atoms with Crippen LogP contribution in [0.25, 0.3) is 0 Å². The summed E-state index contributed by atoms with van der Waals surface area (Å²) in [6.07, 6.45) is 5.01. The average Bonchev–Trinajstić information content (AvgIpc) is 3.21. The summed E-state index contributed by atoms with van der Waals surface area (Å²) in [6.45, 7) is 3.32. The van der Waals surface area contributed by atoms with Crippen molar-refractivity contribution in [2.45, 2.75) is 12.6 Å². The molecule has 0 spiro atoms. The Kier molecular flexibility index (Phi) is 6.34. The molecular formula is C18H22N4O4. The topological polar surface area (TPSA) is 96.7 Å². The molecule has 0 unspecified atom stereocenters. The number of aromatic nitrogens is 1. The maximum Gasteiger partial charge on any atom is 0.309 e. The zero-order valence-electron chi connectivity index (χ0n) is 14.4. The maximum absolute atomic E-state index is 12.1. The smallest absolute Gasteiger partial charge is 0.309 e. The summed E-state index contributed by atoms with van der Waals surface area (Å²) >= 11 is 0. The zero-order valence-corrected chi connectivity index (χ0v) is 14.4. The van der Waals surface area contributed by atoms with Gasteiger partial charge >= 0.3 is 11.8 Å². The molecule has 2 aromatic heterocycles. The molecule has 1 atom stereocenters. The highest BCUT2D eigenvalue weighted by Gasteiger charge is 2.24. The molecular weight excluding hydrogens is 336 g/mol. The molecule has 1 saturated heterocycles. The normalized spacial score (nSPS) is 16.0. The number of hydrogen-bond donors (Lipinski definition) is 2. The standard InChI is InChI=1S/C18H22N4O4/c23-17(20-12-15-4-2-8-26-15)18(24)21-13-16(14-3-1-5-19-11-14)22-6-9-25-10-7-22/h1-5,8,11,16H,6-7,9-10,12-13H2,(H,20,23)(H,21,24)/t16-/m1/s1. The number of rotatable bonds is 6. The van der Waals surface area contributed by atoms with Crippen molar-refractivity contribution >= 4 is 11.8 Å². The second-order valence-corrected chi connectivity index (χ2v) is 5.92. The lowest BCUT2D eigenvalue weighted by Crippen LogP contribution is -2.46. The molecule has 0 bridgehead atoms. The van der Waals surface area contributed by atoms with Gasteiger partial charge in [0.15, 0.2) is 0 Å². The van der Waals surface area contributed by atoms with Crippen LogP contribution >= 0.6 is 0 Å². The number of furan rings is 1. The van der Waals surface area contributed by atoms with E-state index in [0.29, 0.717) is 25.5 Å². The van der Waals surface area contributed by atoms with Crippen molar-refractivity contribution < 1.29 is 18.7 Å². The van der Waals surface area contributed by atoms with E-state index in [1.807, 2.05) is 12.1 Å². The van der Waals surface area contributed by atoms with Gasteiger partial charge in [0.1, 0.15) is 5.76 Å². The van der Waals surface area contributed by atoms with Gasteiger partial charge in [0.2, 0.25) is 0 Å². The third-order valence-electron chi connectivity index (χ3n) is 4.22. The first-order chi connectivity index (χ1) is 12.7. The molecule has 8 nitrogen and oxygen atoms in total. The van der Waals surface area contributed by atoms with E-state index in [9.17, 15) is 9.59 Å². The van der Waals surface area contributed by atoms with Crippen LogP contribution < -0.4 is 10.6 Å². The Balaban J connectivity index is 1.56. The zero-order chi connectivity index (χ0) is 18.2. The molecule has 26 heavy (non-hydrogen) atoms. The largest absolute Gasteiger partial charge is 0.467 e. The van der Waals surface area contributed by atoms with Crippen LogP contribution in [0, 0.1) is 0 Å². The van der Waals surface area contributed by atoms with Crippen LogP contribution in [0.15, 0.2) is 47.3 Å². The molecule has 1 aliphatic rings. The van der Waals surface area contributed by atoms with Gasteiger partial charge < -0.3 is 19.8 Å². The van der Waals surface area contributed by atoms with Gasteiger partial charge in [-0.25, -0.2) is 0 Å². The minimum Gasteiger partial charge on any atom is -0.467 e. The Morgan fingerprint density at radius 3 is 2.65 bits per heavy atom. The fourth-order valence-corrected chi connectivity index (χ4v) is 2.85. The van der Waals surface area contributed by atoms with Crippen molar-refractivity contribution in [3.63, 3.8) is 0 Å². The second-order valence-electron chi connectivity index (χ2n) is 5.92. The number of morpholine rings is 1. The van der Waals surface area contributed by atoms with Gasteiger partial charge in [0.25, 0.3) is 0 Å². The van der Waals surface area contributed by atoms with E-state index >= 15 is 0 Å². The Morgan fingerprint density at radius 1 is 1.15 bits per heavy atom. The Morgan fingerprint density at radius 2 is 1.96 bits per heavy atom. The van der Waals surface area contributed by atoms with Gasteiger partial charge in [0.05, 0.1) is 32.1 Å². The average molecular weight is 358 g/mol. The Labute approximate surface area is 151 Å². The number of nitrogens with one attached hydrogen (secondary N) is 2. The number of amides is 2. The first kappa shape index (κ1) is 18.1. The van der Waals surface area contributed by atoms with Gasteiger partial charge in [-0.15, -0.1) is 0 Å². The third-order valence-corrected chi connectivity index (χ3v) is 4.22. The summed E-state index contributed by atoms with van der Waals surface area (Å²) in [5.74, 6) is -0.764. The fourth-order valence-electron chi connectivity index (χ4n) is 2.85. The molecule has 3 heterocycles. The van der Waals surface area contributed by atoms with Crippen molar-refractivity contribution in [3.05, 3.63) is 54.2 Å². The lowest BCUT2D eigenvalue weighted by atomic mass is 10.1. The predicted molar refractivity (Wildman–Crippen MR) is 92.9 cm³/mol. The maximum atomic E-state index is 12.1. The monoisotopic (exact) mass is 358 g/mol. The number of carbonyl (C=O) groups excluding carboxylic acids is 2. The summed E-state index contributed by atoms with van der Waals surface area (Å²) < 4.78 is 10.5. The van der Waals surface area contributed by atoms with Crippen LogP contribution in [0.5, 0.6) is 0 Å². The minimum atomic E-state index is -0.687. The van der Waals surface area contributed by atoms with Crippen LogP contribution in [-0.2, 0) is 20.9 Å². The van der Waals surface area contributed by atoms with Crippen molar-refractivity contribution in [1.82, 2.24) is 20.5 Å². The summed E-state index contributed by atoms with van der Waals surface area (Å²) in [7, 11) is 0. The number of pyridine rings is 1. The van der Waals surface area contributed by atoms with Crippen molar-refractivity contribution in [1.29, 1.82) is 0 Å². The summed E-state index contributed by atoms with van der Waals surface area (Å²) in [4.78, 5) is 30.4. The molecule has 2 N–H and O–H groups in total. The van der Waals surface area contributed by atoms with Crippen molar-refractivity contribution in [2.24, 2.45) is 0 Å². The van der Waals surface area contributed by atoms with E-state index < -0.39 is 11.8 Å². The highest BCUT2D eigenvalue weighted by atomic mass is 16.5. The van der Waals surface area contributed by atoms with Gasteiger partial charge in [-0.05, 0) is 23.8 Å². The molecule has 0 aliphatic carbocycles. The first-order valence-electron chi connectivity index (χ1n) is 8.54. The second kappa shape index (κ2) is 9.12. The quantitative estimate of drug-likeness (QED) is 0.729. The Hall–Kier alpha value is -2.71. The number of carbonyl (C=O) groups is 2. The molecule has 3 rings (SSSR count). The van der Waals surface area contributed by atoms with Crippen LogP contribution in [0.3, 0.4) is 0 Å². The molecule has 0 saturated carbocycles. The number of ether oxygens (including phenoxy) is 1. The first-order valence-corrected chi connectivity index (χ1v) is 8.54. The highest BCUT2D eigenvalue weighted by molar-refractivity contribution is 6.35. The Bertz CT molecular complexity index is 699. The van der Waals surface area contributed by atoms with Gasteiger partial charge in [0, 0.05) is 32.0 Å². The van der Waals surface area contributed by atoms with E-state index in [1.165, 1.54) is 6.26 Å². The van der Waals surface area contributed by atoms with Crippen LogP contribution in [0.2, 0.25) is 0 Å². The van der Waals surface area contributed by atoms with Crippen LogP contribution in [-0.4, -0.2) is 54.5 Å². The van der Waals surface area contributed by atoms with Gasteiger partial charge in [-0.2, -0.15) is 0 Å². The molecule has 8 heteroatoms. The lowest BCUT2D eigenvalue weighted by Gasteiger charge is -2.34. The number of hydrogen-bond acceptors (Lipinski definition) is 6. The van der Waals surface area contributed by atoms with E-state index in [0.717, 1.165) is 18.7 Å². The molecule has 2 aromatic rings. The predicted octanol–water partition coefficient (Wildman–Crippen LogP) is 0.480. The van der Waals surface area contributed by atoms with E-state index in [1.54, 1.807) is 24.5 Å².